The number of hydrogen-bond donors (Lipinski definition) is 1. The lowest BCUT2D eigenvalue weighted by Crippen LogP contribution is -2.29. The van der Waals surface area contributed by atoms with Gasteiger partial charge in [-0.25, -0.2) is 0 Å². The molecule has 1 fully saturated rings. The Kier molecular flexibility index (Phi) is 3.19. The minimum absolute atomic E-state index is 0.0334. The standard InChI is InChI=1S/C12H15BrN2O/c1-15(7-8-2-3-8)12(16)10-6-9(14)4-5-11(10)13/h4-6,8H,2-3,7,14H2,1H3. The molecule has 0 heterocycles. The molecule has 1 amide bonds. The van der Waals surface area contributed by atoms with Gasteiger partial charge in [-0.1, -0.05) is 0 Å². The van der Waals surface area contributed by atoms with Gasteiger partial charge in [0, 0.05) is 23.8 Å². The first kappa shape index (κ1) is 11.5. The highest BCUT2D eigenvalue weighted by Crippen LogP contribution is 2.30. The number of anilines is 1. The van der Waals surface area contributed by atoms with Crippen molar-refractivity contribution in [2.75, 3.05) is 19.3 Å². The van der Waals surface area contributed by atoms with Crippen LogP contribution >= 0.6 is 15.9 Å². The van der Waals surface area contributed by atoms with E-state index < -0.39 is 0 Å². The molecule has 1 aromatic carbocycles. The first-order valence-corrected chi connectivity index (χ1v) is 6.17. The molecule has 0 spiro atoms. The zero-order chi connectivity index (χ0) is 11.7. The van der Waals surface area contributed by atoms with E-state index in [-0.39, 0.29) is 5.91 Å². The van der Waals surface area contributed by atoms with E-state index in [1.165, 1.54) is 12.8 Å². The highest BCUT2D eigenvalue weighted by atomic mass is 79.9. The fraction of sp³-hybridized carbons (Fsp3) is 0.417. The summed E-state index contributed by atoms with van der Waals surface area (Å²) in [5.74, 6) is 0.736. The number of hydrogen-bond acceptors (Lipinski definition) is 2. The van der Waals surface area contributed by atoms with Crippen LogP contribution in [-0.4, -0.2) is 24.4 Å². The molecule has 0 radical (unpaired) electrons. The van der Waals surface area contributed by atoms with E-state index in [1.807, 2.05) is 13.1 Å². The number of nitrogen functional groups attached to an aromatic ring is 1. The van der Waals surface area contributed by atoms with Crippen LogP contribution in [0.25, 0.3) is 0 Å². The fourth-order valence-corrected chi connectivity index (χ4v) is 2.10. The Morgan fingerprint density at radius 2 is 2.25 bits per heavy atom. The number of carbonyl (C=O) groups is 1. The highest BCUT2D eigenvalue weighted by Gasteiger charge is 2.25. The first-order chi connectivity index (χ1) is 7.58. The summed E-state index contributed by atoms with van der Waals surface area (Å²) in [6.07, 6.45) is 2.49. The number of nitrogens with zero attached hydrogens (tertiary/aromatic N) is 1. The van der Waals surface area contributed by atoms with Crippen LogP contribution in [0.3, 0.4) is 0 Å². The van der Waals surface area contributed by atoms with Crippen molar-refractivity contribution in [3.63, 3.8) is 0 Å². The van der Waals surface area contributed by atoms with Crippen molar-refractivity contribution in [1.29, 1.82) is 0 Å². The van der Waals surface area contributed by atoms with Gasteiger partial charge >= 0.3 is 0 Å². The minimum Gasteiger partial charge on any atom is -0.399 e. The van der Waals surface area contributed by atoms with E-state index >= 15 is 0 Å². The molecule has 0 unspecified atom stereocenters. The average Bonchev–Trinajstić information content (AvgIpc) is 3.04. The van der Waals surface area contributed by atoms with E-state index in [4.69, 9.17) is 5.73 Å². The lowest BCUT2D eigenvalue weighted by Gasteiger charge is -2.17. The van der Waals surface area contributed by atoms with Crippen LogP contribution in [0.1, 0.15) is 23.2 Å². The summed E-state index contributed by atoms with van der Waals surface area (Å²) < 4.78 is 0.800. The van der Waals surface area contributed by atoms with E-state index in [9.17, 15) is 4.79 Å². The maximum Gasteiger partial charge on any atom is 0.254 e. The van der Waals surface area contributed by atoms with Gasteiger partial charge in [0.1, 0.15) is 0 Å². The molecular formula is C12H15BrN2O. The third-order valence-electron chi connectivity index (χ3n) is 2.80. The molecule has 0 aromatic heterocycles. The minimum atomic E-state index is 0.0334. The number of halogens is 1. The molecule has 0 bridgehead atoms. The first-order valence-electron chi connectivity index (χ1n) is 5.38. The van der Waals surface area contributed by atoms with E-state index in [0.29, 0.717) is 17.2 Å². The molecule has 1 saturated carbocycles. The summed E-state index contributed by atoms with van der Waals surface area (Å²) in [5.41, 5.74) is 6.95. The molecule has 2 N–H and O–H groups in total. The maximum atomic E-state index is 12.1. The SMILES string of the molecule is CN(CC1CC1)C(=O)c1cc(N)ccc1Br. The molecule has 1 aromatic rings. The van der Waals surface area contributed by atoms with Gasteiger partial charge in [-0.05, 0) is 52.9 Å². The molecule has 1 aliphatic carbocycles. The van der Waals surface area contributed by atoms with Gasteiger partial charge in [0.05, 0.1) is 5.56 Å². The maximum absolute atomic E-state index is 12.1. The van der Waals surface area contributed by atoms with E-state index in [2.05, 4.69) is 15.9 Å². The predicted octanol–water partition coefficient (Wildman–Crippen LogP) is 2.51. The average molecular weight is 283 g/mol. The number of benzene rings is 1. The zero-order valence-electron chi connectivity index (χ0n) is 9.24. The number of nitrogens with two attached hydrogens (primary N) is 1. The van der Waals surface area contributed by atoms with Crippen molar-refractivity contribution >= 4 is 27.5 Å². The second kappa shape index (κ2) is 4.45. The van der Waals surface area contributed by atoms with Crippen molar-refractivity contribution in [1.82, 2.24) is 4.90 Å². The molecule has 16 heavy (non-hydrogen) atoms. The second-order valence-electron chi connectivity index (χ2n) is 4.37. The normalized spacial score (nSPS) is 14.9. The molecule has 2 rings (SSSR count). The van der Waals surface area contributed by atoms with Gasteiger partial charge in [-0.15, -0.1) is 0 Å². The van der Waals surface area contributed by atoms with Crippen LogP contribution in [0.4, 0.5) is 5.69 Å². The van der Waals surface area contributed by atoms with Gasteiger partial charge in [0.25, 0.3) is 5.91 Å². The Labute approximate surface area is 104 Å². The molecule has 4 heteroatoms. The van der Waals surface area contributed by atoms with E-state index in [0.717, 1.165) is 11.0 Å². The third kappa shape index (κ3) is 2.55. The van der Waals surface area contributed by atoms with Crippen LogP contribution in [-0.2, 0) is 0 Å². The van der Waals surface area contributed by atoms with Crippen LogP contribution < -0.4 is 5.73 Å². The quantitative estimate of drug-likeness (QED) is 0.866. The largest absolute Gasteiger partial charge is 0.399 e. The van der Waals surface area contributed by atoms with Crippen molar-refractivity contribution in [3.8, 4) is 0 Å². The number of rotatable bonds is 3. The summed E-state index contributed by atoms with van der Waals surface area (Å²) >= 11 is 3.38. The molecule has 0 saturated heterocycles. The second-order valence-corrected chi connectivity index (χ2v) is 5.22. The zero-order valence-corrected chi connectivity index (χ0v) is 10.8. The van der Waals surface area contributed by atoms with Gasteiger partial charge < -0.3 is 10.6 Å². The van der Waals surface area contributed by atoms with Gasteiger partial charge in [0.15, 0.2) is 0 Å². The monoisotopic (exact) mass is 282 g/mol. The summed E-state index contributed by atoms with van der Waals surface area (Å²) in [4.78, 5) is 13.9. The van der Waals surface area contributed by atoms with Crippen molar-refractivity contribution in [2.24, 2.45) is 5.92 Å². The Morgan fingerprint density at radius 3 is 2.88 bits per heavy atom. The summed E-state index contributed by atoms with van der Waals surface area (Å²) in [5, 5.41) is 0. The van der Waals surface area contributed by atoms with Gasteiger partial charge in [0.2, 0.25) is 0 Å². The molecule has 86 valence electrons. The smallest absolute Gasteiger partial charge is 0.254 e. The Hall–Kier alpha value is -1.03. The summed E-state index contributed by atoms with van der Waals surface area (Å²) in [6, 6.07) is 5.31. The highest BCUT2D eigenvalue weighted by molar-refractivity contribution is 9.10. The van der Waals surface area contributed by atoms with Crippen molar-refractivity contribution < 1.29 is 4.79 Å². The third-order valence-corrected chi connectivity index (χ3v) is 3.49. The lowest BCUT2D eigenvalue weighted by atomic mass is 10.2. The van der Waals surface area contributed by atoms with Crippen LogP contribution in [0.15, 0.2) is 22.7 Å². The Morgan fingerprint density at radius 1 is 1.56 bits per heavy atom. The summed E-state index contributed by atoms with van der Waals surface area (Å²) in [7, 11) is 1.84. The van der Waals surface area contributed by atoms with Crippen molar-refractivity contribution in [2.45, 2.75) is 12.8 Å². The topological polar surface area (TPSA) is 46.3 Å². The van der Waals surface area contributed by atoms with Crippen LogP contribution in [0, 0.1) is 5.92 Å². The Bertz CT molecular complexity index is 415. The number of carbonyl (C=O) groups excluding carboxylic acids is 1. The Balaban J connectivity index is 2.14. The predicted molar refractivity (Wildman–Crippen MR) is 68.2 cm³/mol. The number of amides is 1. The fourth-order valence-electron chi connectivity index (χ4n) is 1.68. The van der Waals surface area contributed by atoms with Gasteiger partial charge in [-0.3, -0.25) is 4.79 Å². The molecular weight excluding hydrogens is 268 g/mol. The molecule has 0 aliphatic heterocycles. The van der Waals surface area contributed by atoms with Crippen LogP contribution in [0.2, 0.25) is 0 Å². The molecule has 1 aliphatic rings. The van der Waals surface area contributed by atoms with Gasteiger partial charge in [-0.2, -0.15) is 0 Å². The lowest BCUT2D eigenvalue weighted by molar-refractivity contribution is 0.0788. The molecule has 3 nitrogen and oxygen atoms in total. The van der Waals surface area contributed by atoms with E-state index in [1.54, 1.807) is 17.0 Å². The van der Waals surface area contributed by atoms with Crippen LogP contribution in [0.5, 0.6) is 0 Å². The van der Waals surface area contributed by atoms with Crippen molar-refractivity contribution in [3.05, 3.63) is 28.2 Å². The molecule has 0 atom stereocenters. The summed E-state index contributed by atoms with van der Waals surface area (Å²) in [6.45, 7) is 0.847.